The lowest BCUT2D eigenvalue weighted by atomic mass is 9.88. The van der Waals surface area contributed by atoms with Crippen LogP contribution in [0.15, 0.2) is 97.3 Å². The van der Waals surface area contributed by atoms with Crippen molar-refractivity contribution in [1.82, 2.24) is 4.57 Å². The molecule has 0 aliphatic carbocycles. The van der Waals surface area contributed by atoms with Gasteiger partial charge in [-0.3, -0.25) is 9.59 Å². The van der Waals surface area contributed by atoms with Gasteiger partial charge in [0.25, 0.3) is 5.91 Å². The normalized spacial score (nSPS) is 17.1. The van der Waals surface area contributed by atoms with Crippen LogP contribution >= 0.6 is 11.6 Å². The molecule has 4 aromatic rings. The average molecular weight is 471 g/mol. The third kappa shape index (κ3) is 4.04. The van der Waals surface area contributed by atoms with Crippen LogP contribution in [0, 0.1) is 0 Å². The summed E-state index contributed by atoms with van der Waals surface area (Å²) in [4.78, 5) is 28.4. The van der Waals surface area contributed by atoms with Crippen molar-refractivity contribution in [3.05, 3.63) is 119 Å². The molecule has 1 atom stereocenters. The monoisotopic (exact) mass is 470 g/mol. The molecular formula is C28H23ClN2O3. The first-order valence-electron chi connectivity index (χ1n) is 11.1. The van der Waals surface area contributed by atoms with Crippen LogP contribution in [0.5, 0.6) is 0 Å². The Kier molecular flexibility index (Phi) is 5.82. The van der Waals surface area contributed by atoms with Crippen LogP contribution < -0.4 is 4.90 Å². The topological polar surface area (TPSA) is 62.5 Å². The van der Waals surface area contributed by atoms with Gasteiger partial charge in [0.1, 0.15) is 0 Å². The minimum Gasteiger partial charge on any atom is -0.375 e. The molecule has 1 amide bonds. The number of hydrogen-bond donors (Lipinski definition) is 1. The second kappa shape index (κ2) is 8.93. The Bertz CT molecular complexity index is 1350. The van der Waals surface area contributed by atoms with Crippen LogP contribution in [0.1, 0.15) is 27.9 Å². The molecule has 0 unspecified atom stereocenters. The molecule has 3 aromatic carbocycles. The fourth-order valence-electron chi connectivity index (χ4n) is 4.48. The Morgan fingerprint density at radius 3 is 2.44 bits per heavy atom. The van der Waals surface area contributed by atoms with Crippen molar-refractivity contribution in [2.24, 2.45) is 0 Å². The Labute approximate surface area is 202 Å². The standard InChI is InChI=1S/C28H23ClN2O3/c29-22-11-12-25-24(18-22)28(34,27(33)31(25)16-13-20-7-2-1-3-8-20)19-26(32)21-9-6-10-23(17-21)30-14-4-5-15-30/h1-12,14-15,17-18,34H,13,16,19H2/t28-/m1/s1. The molecule has 170 valence electrons. The molecule has 0 saturated heterocycles. The van der Waals surface area contributed by atoms with E-state index >= 15 is 0 Å². The van der Waals surface area contributed by atoms with Crippen molar-refractivity contribution in [2.45, 2.75) is 18.4 Å². The van der Waals surface area contributed by atoms with E-state index in [9.17, 15) is 14.7 Å². The van der Waals surface area contributed by atoms with E-state index in [2.05, 4.69) is 0 Å². The summed E-state index contributed by atoms with van der Waals surface area (Å²) in [6, 6.07) is 25.8. The molecule has 1 N–H and O–H groups in total. The fraction of sp³-hybridized carbons (Fsp3) is 0.143. The Balaban J connectivity index is 1.44. The van der Waals surface area contributed by atoms with Gasteiger partial charge in [-0.25, -0.2) is 0 Å². The van der Waals surface area contributed by atoms with Gasteiger partial charge in [-0.2, -0.15) is 0 Å². The summed E-state index contributed by atoms with van der Waals surface area (Å²) in [5.74, 6) is -0.823. The second-order valence-electron chi connectivity index (χ2n) is 8.45. The van der Waals surface area contributed by atoms with Crippen molar-refractivity contribution in [1.29, 1.82) is 0 Å². The van der Waals surface area contributed by atoms with Crippen molar-refractivity contribution in [3.63, 3.8) is 0 Å². The zero-order valence-corrected chi connectivity index (χ0v) is 19.2. The molecule has 1 aliphatic heterocycles. The van der Waals surface area contributed by atoms with Crippen molar-refractivity contribution in [2.75, 3.05) is 11.4 Å². The molecule has 0 bridgehead atoms. The first kappa shape index (κ1) is 22.1. The lowest BCUT2D eigenvalue weighted by Crippen LogP contribution is -2.42. The van der Waals surface area contributed by atoms with E-state index in [4.69, 9.17) is 11.6 Å². The third-order valence-corrected chi connectivity index (χ3v) is 6.48. The van der Waals surface area contributed by atoms with Crippen LogP contribution in [0.4, 0.5) is 5.69 Å². The summed E-state index contributed by atoms with van der Waals surface area (Å²) >= 11 is 6.22. The summed E-state index contributed by atoms with van der Waals surface area (Å²) in [7, 11) is 0. The number of rotatable bonds is 7. The molecular weight excluding hydrogens is 448 g/mol. The summed E-state index contributed by atoms with van der Waals surface area (Å²) < 4.78 is 1.90. The number of carbonyl (C=O) groups is 2. The third-order valence-electron chi connectivity index (χ3n) is 6.25. The number of fused-ring (bicyclic) bond motifs is 1. The molecule has 5 rings (SSSR count). The highest BCUT2D eigenvalue weighted by Gasteiger charge is 2.50. The van der Waals surface area contributed by atoms with E-state index in [-0.39, 0.29) is 12.2 Å². The highest BCUT2D eigenvalue weighted by Crippen LogP contribution is 2.44. The number of hydrogen-bond acceptors (Lipinski definition) is 3. The summed E-state index contributed by atoms with van der Waals surface area (Å²) in [5, 5.41) is 12.0. The van der Waals surface area contributed by atoms with E-state index in [1.54, 1.807) is 41.3 Å². The molecule has 6 heteroatoms. The average Bonchev–Trinajstić information content (AvgIpc) is 3.46. The summed E-state index contributed by atoms with van der Waals surface area (Å²) in [6.07, 6.45) is 4.04. The van der Waals surface area contributed by atoms with Gasteiger partial charge in [0.15, 0.2) is 11.4 Å². The van der Waals surface area contributed by atoms with E-state index in [0.717, 1.165) is 11.3 Å². The number of halogens is 1. The number of carbonyl (C=O) groups excluding carboxylic acids is 2. The van der Waals surface area contributed by atoms with Crippen molar-refractivity contribution in [3.8, 4) is 5.69 Å². The van der Waals surface area contributed by atoms with Gasteiger partial charge in [-0.1, -0.05) is 54.1 Å². The number of amides is 1. The molecule has 34 heavy (non-hydrogen) atoms. The van der Waals surface area contributed by atoms with Gasteiger partial charge in [-0.05, 0) is 54.4 Å². The fourth-order valence-corrected chi connectivity index (χ4v) is 4.65. The first-order valence-corrected chi connectivity index (χ1v) is 11.5. The minimum atomic E-state index is -1.97. The van der Waals surface area contributed by atoms with Crippen LogP contribution in [0.25, 0.3) is 5.69 Å². The summed E-state index contributed by atoms with van der Waals surface area (Å²) in [6.45, 7) is 0.386. The van der Waals surface area contributed by atoms with Gasteiger partial charge in [0, 0.05) is 40.8 Å². The van der Waals surface area contributed by atoms with Crippen LogP contribution in [-0.2, 0) is 16.8 Å². The first-order chi connectivity index (χ1) is 16.5. The zero-order valence-electron chi connectivity index (χ0n) is 18.4. The van der Waals surface area contributed by atoms with Gasteiger partial charge >= 0.3 is 0 Å². The van der Waals surface area contributed by atoms with E-state index in [1.807, 2.05) is 65.5 Å². The van der Waals surface area contributed by atoms with E-state index in [0.29, 0.717) is 34.8 Å². The Morgan fingerprint density at radius 1 is 0.912 bits per heavy atom. The second-order valence-corrected chi connectivity index (χ2v) is 8.89. The van der Waals surface area contributed by atoms with Gasteiger partial charge in [-0.15, -0.1) is 0 Å². The SMILES string of the molecule is O=C(C[C@]1(O)C(=O)N(CCc2ccccc2)c2ccc(Cl)cc21)c1cccc(-n2cccc2)c1. The van der Waals surface area contributed by atoms with Crippen LogP contribution in [0.2, 0.25) is 5.02 Å². The lowest BCUT2D eigenvalue weighted by molar-refractivity contribution is -0.135. The maximum Gasteiger partial charge on any atom is 0.264 e. The van der Waals surface area contributed by atoms with Gasteiger partial charge in [0.2, 0.25) is 0 Å². The zero-order chi connectivity index (χ0) is 23.7. The number of Topliss-reactive ketones (excluding diaryl/α,β-unsaturated/α-hetero) is 1. The predicted octanol–water partition coefficient (Wildman–Crippen LogP) is 5.18. The molecule has 5 nitrogen and oxygen atoms in total. The van der Waals surface area contributed by atoms with Crippen LogP contribution in [0.3, 0.4) is 0 Å². The van der Waals surface area contributed by atoms with Crippen molar-refractivity contribution < 1.29 is 14.7 Å². The summed E-state index contributed by atoms with van der Waals surface area (Å²) in [5.41, 5.74) is 1.32. The van der Waals surface area contributed by atoms with E-state index < -0.39 is 11.5 Å². The van der Waals surface area contributed by atoms with Crippen molar-refractivity contribution >= 4 is 29.0 Å². The number of benzene rings is 3. The Hall–Kier alpha value is -3.67. The molecule has 0 saturated carbocycles. The quantitative estimate of drug-likeness (QED) is 0.378. The number of nitrogens with zero attached hydrogens (tertiary/aromatic N) is 2. The molecule has 1 aromatic heterocycles. The number of aliphatic hydroxyl groups is 1. The van der Waals surface area contributed by atoms with E-state index in [1.165, 1.54) is 0 Å². The molecule has 0 radical (unpaired) electrons. The van der Waals surface area contributed by atoms with Gasteiger partial charge < -0.3 is 14.6 Å². The predicted molar refractivity (Wildman–Crippen MR) is 133 cm³/mol. The smallest absolute Gasteiger partial charge is 0.264 e. The highest BCUT2D eigenvalue weighted by molar-refractivity contribution is 6.31. The van der Waals surface area contributed by atoms with Gasteiger partial charge in [0.05, 0.1) is 12.1 Å². The largest absolute Gasteiger partial charge is 0.375 e. The van der Waals surface area contributed by atoms with Crippen LogP contribution in [-0.4, -0.2) is 27.9 Å². The molecule has 0 fully saturated rings. The Morgan fingerprint density at radius 2 is 1.68 bits per heavy atom. The maximum absolute atomic E-state index is 13.5. The molecule has 0 spiro atoms. The minimum absolute atomic E-state index is 0.319. The number of ketones is 1. The maximum atomic E-state index is 13.5. The molecule has 2 heterocycles. The lowest BCUT2D eigenvalue weighted by Gasteiger charge is -2.23. The number of aromatic nitrogens is 1. The number of anilines is 1. The highest BCUT2D eigenvalue weighted by atomic mass is 35.5. The molecule has 1 aliphatic rings.